The minimum atomic E-state index is -0.0901. The molecule has 0 fully saturated rings. The van der Waals surface area contributed by atoms with E-state index in [0.29, 0.717) is 0 Å². The Morgan fingerprint density at radius 2 is 1.05 bits per heavy atom. The summed E-state index contributed by atoms with van der Waals surface area (Å²) in [4.78, 5) is 2.45. The number of aromatic nitrogens is 1. The van der Waals surface area contributed by atoms with E-state index >= 15 is 0 Å². The van der Waals surface area contributed by atoms with Crippen molar-refractivity contribution in [2.24, 2.45) is 0 Å². The molecule has 1 aliphatic carbocycles. The molecule has 2 heterocycles. The summed E-state index contributed by atoms with van der Waals surface area (Å²) in [5, 5.41) is 7.01. The van der Waals surface area contributed by atoms with Crippen LogP contribution in [0.5, 0.6) is 0 Å². The molecule has 3 heteroatoms. The summed E-state index contributed by atoms with van der Waals surface area (Å²) in [5.74, 6) is 0. The third kappa shape index (κ3) is 5.41. The molecule has 0 unspecified atom stereocenters. The Bertz CT molecular complexity index is 3790. The highest BCUT2D eigenvalue weighted by molar-refractivity contribution is 6.18. The fourth-order valence-electron chi connectivity index (χ4n) is 10.8. The summed E-state index contributed by atoms with van der Waals surface area (Å²) in [6.45, 7) is 4.70. The Kier molecular flexibility index (Phi) is 7.95. The Morgan fingerprint density at radius 3 is 1.89 bits per heavy atom. The molecule has 64 heavy (non-hydrogen) atoms. The van der Waals surface area contributed by atoms with E-state index in [0.717, 1.165) is 55.8 Å². The number of nitrogens with zero attached hydrogens (tertiary/aromatic N) is 2. The van der Waals surface area contributed by atoms with Gasteiger partial charge >= 0.3 is 0 Å². The average Bonchev–Trinajstić information content (AvgIpc) is 3.98. The number of hydrogen-bond donors (Lipinski definition) is 0. The van der Waals surface area contributed by atoms with E-state index in [1.807, 2.05) is 0 Å². The van der Waals surface area contributed by atoms with Gasteiger partial charge in [-0.1, -0.05) is 166 Å². The van der Waals surface area contributed by atoms with Crippen LogP contribution >= 0.6 is 0 Å². The molecule has 3 nitrogen and oxygen atoms in total. The van der Waals surface area contributed by atoms with E-state index in [9.17, 15) is 0 Å². The van der Waals surface area contributed by atoms with Crippen molar-refractivity contribution in [2.75, 3.05) is 4.90 Å². The Hall–Kier alpha value is -8.14. The van der Waals surface area contributed by atoms with Crippen molar-refractivity contribution < 1.29 is 4.42 Å². The fourth-order valence-corrected chi connectivity index (χ4v) is 10.8. The molecule has 0 saturated heterocycles. The quantitative estimate of drug-likeness (QED) is 0.167. The molecule has 13 rings (SSSR count). The van der Waals surface area contributed by atoms with Gasteiger partial charge in [0.1, 0.15) is 11.2 Å². The molecular weight excluding hydrogens is 777 g/mol. The summed E-state index contributed by atoms with van der Waals surface area (Å²) in [6, 6.07) is 79.6. The lowest BCUT2D eigenvalue weighted by Crippen LogP contribution is -2.14. The highest BCUT2D eigenvalue weighted by Gasteiger charge is 2.35. The third-order valence-electron chi connectivity index (χ3n) is 13.8. The van der Waals surface area contributed by atoms with E-state index in [1.54, 1.807) is 0 Å². The van der Waals surface area contributed by atoms with E-state index in [-0.39, 0.29) is 5.41 Å². The SMILES string of the molecule is CC1(C)c2ccccc2-c2ccc(-c3cccc(N(c4cccc5ccccc45)c4ccc(-c5cccc(-n6c7ccccc7c7ccccc76)c5)c5oc6ccccc6c45)c3)cc21. The first-order valence-electron chi connectivity index (χ1n) is 22.2. The van der Waals surface area contributed by atoms with E-state index in [1.165, 1.54) is 66.0 Å². The van der Waals surface area contributed by atoms with Gasteiger partial charge in [-0.2, -0.15) is 0 Å². The van der Waals surface area contributed by atoms with Crippen LogP contribution in [0.1, 0.15) is 25.0 Å². The maximum Gasteiger partial charge on any atom is 0.145 e. The van der Waals surface area contributed by atoms with E-state index in [2.05, 4.69) is 242 Å². The summed E-state index contributed by atoms with van der Waals surface area (Å²) < 4.78 is 9.39. The Labute approximate surface area is 371 Å². The number of fused-ring (bicyclic) bond motifs is 10. The predicted octanol–water partition coefficient (Wildman–Crippen LogP) is 16.9. The first-order chi connectivity index (χ1) is 31.5. The van der Waals surface area contributed by atoms with Crippen molar-refractivity contribution in [2.45, 2.75) is 19.3 Å². The molecular formula is C61H42N2O. The van der Waals surface area contributed by atoms with Crippen LogP contribution in [0.4, 0.5) is 17.1 Å². The van der Waals surface area contributed by atoms with Crippen molar-refractivity contribution in [3.63, 3.8) is 0 Å². The van der Waals surface area contributed by atoms with Gasteiger partial charge in [0, 0.05) is 43.9 Å². The van der Waals surface area contributed by atoms with Crippen LogP contribution in [-0.2, 0) is 5.41 Å². The minimum Gasteiger partial charge on any atom is -0.455 e. The van der Waals surface area contributed by atoms with Gasteiger partial charge in [0.25, 0.3) is 0 Å². The van der Waals surface area contributed by atoms with Crippen LogP contribution in [0.15, 0.2) is 223 Å². The molecule has 0 spiro atoms. The molecule has 12 aromatic rings. The summed E-state index contributed by atoms with van der Waals surface area (Å²) in [6.07, 6.45) is 0. The fraction of sp³-hybridized carbons (Fsp3) is 0.0492. The van der Waals surface area contributed by atoms with Gasteiger partial charge in [0.2, 0.25) is 0 Å². The van der Waals surface area contributed by atoms with Crippen LogP contribution in [0.3, 0.4) is 0 Å². The van der Waals surface area contributed by atoms with Crippen molar-refractivity contribution in [1.82, 2.24) is 4.57 Å². The maximum atomic E-state index is 7.01. The molecule has 0 bridgehead atoms. The summed E-state index contributed by atoms with van der Waals surface area (Å²) >= 11 is 0. The first-order valence-corrected chi connectivity index (χ1v) is 22.2. The largest absolute Gasteiger partial charge is 0.455 e. The van der Waals surface area contributed by atoms with Gasteiger partial charge in [-0.05, 0) is 111 Å². The van der Waals surface area contributed by atoms with Crippen molar-refractivity contribution >= 4 is 71.6 Å². The summed E-state index contributed by atoms with van der Waals surface area (Å²) in [7, 11) is 0. The molecule has 0 saturated carbocycles. The highest BCUT2D eigenvalue weighted by atomic mass is 16.3. The number of rotatable bonds is 6. The van der Waals surface area contributed by atoms with Gasteiger partial charge in [-0.15, -0.1) is 0 Å². The zero-order valence-corrected chi connectivity index (χ0v) is 35.6. The zero-order valence-electron chi connectivity index (χ0n) is 35.6. The molecule has 0 radical (unpaired) electrons. The van der Waals surface area contributed by atoms with Gasteiger partial charge in [0.15, 0.2) is 0 Å². The molecule has 0 atom stereocenters. The van der Waals surface area contributed by atoms with Crippen LogP contribution in [0.2, 0.25) is 0 Å². The van der Waals surface area contributed by atoms with Crippen LogP contribution in [-0.4, -0.2) is 4.57 Å². The minimum absolute atomic E-state index is 0.0901. The first kappa shape index (κ1) is 36.5. The summed E-state index contributed by atoms with van der Waals surface area (Å²) in [5.41, 5.74) is 18.3. The lowest BCUT2D eigenvalue weighted by Gasteiger charge is -2.28. The molecule has 0 amide bonds. The van der Waals surface area contributed by atoms with Crippen molar-refractivity contribution in [3.8, 4) is 39.1 Å². The number of benzene rings is 10. The second-order valence-electron chi connectivity index (χ2n) is 17.7. The molecule has 1 aliphatic rings. The van der Waals surface area contributed by atoms with Crippen molar-refractivity contribution in [1.29, 1.82) is 0 Å². The Balaban J connectivity index is 1.02. The predicted molar refractivity (Wildman–Crippen MR) is 269 cm³/mol. The monoisotopic (exact) mass is 818 g/mol. The number of hydrogen-bond acceptors (Lipinski definition) is 2. The molecule has 302 valence electrons. The van der Waals surface area contributed by atoms with Crippen LogP contribution in [0.25, 0.3) is 93.6 Å². The molecule has 2 aromatic heterocycles. The average molecular weight is 819 g/mol. The zero-order chi connectivity index (χ0) is 42.5. The lowest BCUT2D eigenvalue weighted by molar-refractivity contribution is 0.660. The van der Waals surface area contributed by atoms with Gasteiger partial charge in [-0.25, -0.2) is 0 Å². The highest BCUT2D eigenvalue weighted by Crippen LogP contribution is 2.51. The smallest absolute Gasteiger partial charge is 0.145 e. The lowest BCUT2D eigenvalue weighted by atomic mass is 9.81. The van der Waals surface area contributed by atoms with Gasteiger partial charge in [-0.3, -0.25) is 0 Å². The van der Waals surface area contributed by atoms with E-state index < -0.39 is 0 Å². The van der Waals surface area contributed by atoms with Gasteiger partial charge in [0.05, 0.1) is 27.8 Å². The molecule has 0 N–H and O–H groups in total. The number of furan rings is 1. The second-order valence-corrected chi connectivity index (χ2v) is 17.7. The Morgan fingerprint density at radius 1 is 0.422 bits per heavy atom. The third-order valence-corrected chi connectivity index (χ3v) is 13.8. The second kappa shape index (κ2) is 13.9. The number of para-hydroxylation sites is 3. The van der Waals surface area contributed by atoms with Crippen LogP contribution in [0, 0.1) is 0 Å². The maximum absolute atomic E-state index is 7.01. The van der Waals surface area contributed by atoms with Crippen LogP contribution < -0.4 is 4.90 Å². The normalized spacial score (nSPS) is 13.0. The van der Waals surface area contributed by atoms with E-state index in [4.69, 9.17) is 4.42 Å². The molecule has 0 aliphatic heterocycles. The van der Waals surface area contributed by atoms with Gasteiger partial charge < -0.3 is 13.9 Å². The number of anilines is 3. The standard InChI is InChI=1S/C61H42N2O/c1-61(2)52-27-9-5-23-47(52)48-33-32-41(38-53(48)61)40-18-13-20-43(36-40)63(54-30-15-17-39-16-3-4-22-45(39)54)57-35-34-46(60-59(57)51-26-8-12-31-58(51)64-60)42-19-14-21-44(37-42)62-55-28-10-6-24-49(55)50-25-7-11-29-56(50)62/h3-38H,1-2H3. The molecule has 10 aromatic carbocycles. The topological polar surface area (TPSA) is 21.3 Å². The van der Waals surface area contributed by atoms with Crippen molar-refractivity contribution in [3.05, 3.63) is 230 Å².